The molecule has 0 saturated heterocycles. The van der Waals surface area contributed by atoms with Crippen LogP contribution in [0.15, 0.2) is 95.9 Å². The van der Waals surface area contributed by atoms with Gasteiger partial charge in [-0.2, -0.15) is 0 Å². The van der Waals surface area contributed by atoms with Gasteiger partial charge in [-0.15, -0.1) is 0 Å². The Morgan fingerprint density at radius 3 is 1.23 bits per heavy atom. The number of phenols is 4. The molecule has 2 unspecified atom stereocenters. The molecule has 0 amide bonds. The fourth-order valence-corrected chi connectivity index (χ4v) is 11.6. The molecule has 4 N–H and O–H groups in total. The highest BCUT2D eigenvalue weighted by atomic mass is 32.2. The van der Waals surface area contributed by atoms with Crippen molar-refractivity contribution < 1.29 is 28.8 Å². The van der Waals surface area contributed by atoms with Gasteiger partial charge in [0, 0.05) is 31.9 Å². The molecule has 4 fully saturated rings. The van der Waals surface area contributed by atoms with Crippen LogP contribution >= 0.6 is 0 Å². The predicted octanol–water partition coefficient (Wildman–Crippen LogP) is 8.38. The molecule has 0 aromatic heterocycles. The minimum atomic E-state index is -3.29. The lowest BCUT2D eigenvalue weighted by Crippen LogP contribution is -2.56. The summed E-state index contributed by atoms with van der Waals surface area (Å²) in [5.74, 6) is 1.79. The number of hydrogen-bond acceptors (Lipinski definition) is 6. The third-order valence-corrected chi connectivity index (χ3v) is 14.1. The first-order valence-electron chi connectivity index (χ1n) is 18.4. The van der Waals surface area contributed by atoms with Crippen molar-refractivity contribution in [2.75, 3.05) is 6.26 Å². The summed E-state index contributed by atoms with van der Waals surface area (Å²) in [6.45, 7) is 0. The minimum Gasteiger partial charge on any atom is -0.507 e. The maximum atomic E-state index is 12.3. The van der Waals surface area contributed by atoms with E-state index < -0.39 is 9.84 Å². The lowest BCUT2D eigenvalue weighted by atomic mass is 9.41. The second-order valence-corrected chi connectivity index (χ2v) is 18.5. The molecule has 5 aromatic carbocycles. The van der Waals surface area contributed by atoms with E-state index in [-0.39, 0.29) is 33.8 Å². The molecule has 0 aliphatic heterocycles. The van der Waals surface area contributed by atoms with Crippen LogP contribution in [0.2, 0.25) is 0 Å². The van der Waals surface area contributed by atoms with Gasteiger partial charge in [-0.25, -0.2) is 8.42 Å². The van der Waals surface area contributed by atoms with Crippen molar-refractivity contribution in [3.63, 3.8) is 0 Å². The van der Waals surface area contributed by atoms with Crippen molar-refractivity contribution in [2.45, 2.75) is 79.9 Å². The maximum Gasteiger partial charge on any atom is 0.175 e. The lowest BCUT2D eigenvalue weighted by Gasteiger charge is -2.63. The third-order valence-electron chi connectivity index (χ3n) is 13.0. The lowest BCUT2D eigenvalue weighted by molar-refractivity contribution is -0.0282. The number of phenolic OH excluding ortho intramolecular Hbond substituents is 4. The molecule has 0 heterocycles. The zero-order valence-electron chi connectivity index (χ0n) is 29.4. The van der Waals surface area contributed by atoms with Gasteiger partial charge in [0.25, 0.3) is 0 Å². The van der Waals surface area contributed by atoms with Crippen molar-refractivity contribution in [3.05, 3.63) is 147 Å². The molecule has 0 spiro atoms. The summed E-state index contributed by atoms with van der Waals surface area (Å²) in [5.41, 5.74) is 7.94. The molecule has 6 nitrogen and oxygen atoms in total. The highest BCUT2D eigenvalue weighted by molar-refractivity contribution is 7.90. The first-order chi connectivity index (χ1) is 24.9. The van der Waals surface area contributed by atoms with Crippen LogP contribution in [0.5, 0.6) is 23.0 Å². The molecule has 5 aromatic rings. The highest BCUT2D eigenvalue weighted by Crippen LogP contribution is 2.66. The number of benzene rings is 5. The second kappa shape index (κ2) is 11.9. The molecular weight excluding hydrogens is 669 g/mol. The van der Waals surface area contributed by atoms with Gasteiger partial charge in [-0.1, -0.05) is 78.9 Å². The maximum absolute atomic E-state index is 12.3. The fourth-order valence-electron chi connectivity index (χ4n) is 10.9. The Morgan fingerprint density at radius 1 is 0.500 bits per heavy atom. The molecular formula is C45H44O6S. The Morgan fingerprint density at radius 2 is 0.846 bits per heavy atom. The smallest absolute Gasteiger partial charge is 0.175 e. The highest BCUT2D eigenvalue weighted by Gasteiger charge is 2.58. The van der Waals surface area contributed by atoms with Crippen LogP contribution in [0.3, 0.4) is 0 Å². The van der Waals surface area contributed by atoms with Crippen LogP contribution < -0.4 is 0 Å². The summed E-state index contributed by atoms with van der Waals surface area (Å²) >= 11 is 0. The van der Waals surface area contributed by atoms with Crippen LogP contribution in [0.4, 0.5) is 0 Å². The van der Waals surface area contributed by atoms with Crippen LogP contribution in [0.25, 0.3) is 0 Å². The van der Waals surface area contributed by atoms with E-state index in [4.69, 9.17) is 0 Å². The van der Waals surface area contributed by atoms with Gasteiger partial charge < -0.3 is 20.4 Å². The van der Waals surface area contributed by atoms with E-state index in [0.717, 1.165) is 43.2 Å². The number of aromatic hydroxyl groups is 4. The van der Waals surface area contributed by atoms with Gasteiger partial charge in [0.2, 0.25) is 0 Å². The Kier molecular flexibility index (Phi) is 7.57. The van der Waals surface area contributed by atoms with E-state index in [0.29, 0.717) is 75.8 Å². The summed E-state index contributed by atoms with van der Waals surface area (Å²) in [7, 11) is -3.29. The molecule has 0 radical (unpaired) electrons. The SMILES string of the molecule is CS(=O)(=O)c1ccc(C23C[C@H]4C[C@@H](C2)CC(c2cc5c(O)c(c2)Cc2cccc(c2O)Cc2cccc(c2O)Cc2cccc(c2O)C5)(C4)C3)cc1. The molecule has 266 valence electrons. The summed E-state index contributed by atoms with van der Waals surface area (Å²) < 4.78 is 24.6. The standard InChI is InChI=1S/C45H44O6S/c1-52(50,51)39-13-11-37(12-14-39)44-22-27-15-28(23-44)25-45(24-27,26-44)38-20-35-18-33-9-3-7-31(41(33)47)16-29-5-2-6-30(40(29)46)17-32-8-4-10-34(42(32)48)19-36(21-38)43(35)49/h2-14,20-21,27-28,46-49H,15-19,22-26H2,1H3/t27-,28+,44?,45?. The minimum absolute atomic E-state index is 0.0489. The number of hydrogen-bond donors (Lipinski definition) is 4. The van der Waals surface area contributed by atoms with Crippen LogP contribution in [0, 0.1) is 11.8 Å². The average molecular weight is 713 g/mol. The van der Waals surface area contributed by atoms with Crippen molar-refractivity contribution in [1.82, 2.24) is 0 Å². The third kappa shape index (κ3) is 5.47. The van der Waals surface area contributed by atoms with E-state index >= 15 is 0 Å². The van der Waals surface area contributed by atoms with Gasteiger partial charge in [0.1, 0.15) is 23.0 Å². The van der Waals surface area contributed by atoms with Gasteiger partial charge in [-0.05, 0) is 129 Å². The predicted molar refractivity (Wildman–Crippen MR) is 201 cm³/mol. The van der Waals surface area contributed by atoms with E-state index in [1.54, 1.807) is 12.1 Å². The van der Waals surface area contributed by atoms with Crippen molar-refractivity contribution in [1.29, 1.82) is 0 Å². The Balaban J connectivity index is 1.19. The summed E-state index contributed by atoms with van der Waals surface area (Å²) in [4.78, 5) is 0.346. The summed E-state index contributed by atoms with van der Waals surface area (Å²) in [5, 5.41) is 46.6. The number of para-hydroxylation sites is 3. The molecule has 4 saturated carbocycles. The first kappa shape index (κ1) is 33.1. The molecule has 5 aliphatic carbocycles. The molecule has 52 heavy (non-hydrogen) atoms. The van der Waals surface area contributed by atoms with Crippen LogP contribution in [0.1, 0.15) is 94.2 Å². The molecule has 10 rings (SSSR count). The van der Waals surface area contributed by atoms with Gasteiger partial charge in [0.15, 0.2) is 9.84 Å². The van der Waals surface area contributed by atoms with E-state index in [1.165, 1.54) is 23.8 Å². The monoisotopic (exact) mass is 712 g/mol. The average Bonchev–Trinajstić information content (AvgIpc) is 3.10. The Bertz CT molecular complexity index is 2250. The normalized spacial score (nSPS) is 24.9. The van der Waals surface area contributed by atoms with Crippen molar-refractivity contribution >= 4 is 9.84 Å². The fraction of sp³-hybridized carbons (Fsp3) is 0.333. The molecule has 12 bridgehead atoms. The van der Waals surface area contributed by atoms with Crippen LogP contribution in [-0.4, -0.2) is 35.1 Å². The summed E-state index contributed by atoms with van der Waals surface area (Å²) in [6, 6.07) is 29.0. The van der Waals surface area contributed by atoms with Crippen molar-refractivity contribution in [3.8, 4) is 23.0 Å². The van der Waals surface area contributed by atoms with Gasteiger partial charge >= 0.3 is 0 Å². The number of fused-ring (bicyclic) bond motifs is 8. The van der Waals surface area contributed by atoms with Gasteiger partial charge in [0.05, 0.1) is 4.90 Å². The zero-order valence-corrected chi connectivity index (χ0v) is 30.2. The van der Waals surface area contributed by atoms with Crippen molar-refractivity contribution in [2.24, 2.45) is 11.8 Å². The first-order valence-corrected chi connectivity index (χ1v) is 20.3. The Labute approximate surface area is 305 Å². The summed E-state index contributed by atoms with van der Waals surface area (Å²) in [6.07, 6.45) is 9.07. The number of sulfone groups is 1. The quantitative estimate of drug-likeness (QED) is 0.147. The second-order valence-electron chi connectivity index (χ2n) is 16.4. The number of rotatable bonds is 3. The zero-order chi connectivity index (χ0) is 36.0. The molecule has 5 aliphatic rings. The van der Waals surface area contributed by atoms with E-state index in [1.807, 2.05) is 66.7 Å². The Hall–Kier alpha value is -4.75. The molecule has 7 heteroatoms. The van der Waals surface area contributed by atoms with E-state index in [2.05, 4.69) is 12.1 Å². The van der Waals surface area contributed by atoms with E-state index in [9.17, 15) is 28.8 Å². The van der Waals surface area contributed by atoms with Gasteiger partial charge in [-0.3, -0.25) is 0 Å². The van der Waals surface area contributed by atoms with Crippen LogP contribution in [-0.2, 0) is 46.4 Å². The largest absolute Gasteiger partial charge is 0.507 e. The topological polar surface area (TPSA) is 115 Å². The molecule has 4 atom stereocenters.